The van der Waals surface area contributed by atoms with Gasteiger partial charge in [-0.05, 0) is 13.8 Å². The molecule has 0 N–H and O–H groups in total. The minimum atomic E-state index is -1.35. The molecule has 0 heterocycles. The van der Waals surface area contributed by atoms with Crippen molar-refractivity contribution in [1.29, 1.82) is 0 Å². The van der Waals surface area contributed by atoms with Crippen molar-refractivity contribution >= 4 is 13.9 Å². The lowest BCUT2D eigenvalue weighted by atomic mass is 10.00. The third kappa shape index (κ3) is 4.70. The van der Waals surface area contributed by atoms with Gasteiger partial charge in [-0.2, -0.15) is 0 Å². The summed E-state index contributed by atoms with van der Waals surface area (Å²) in [5.41, 5.74) is -0.318. The van der Waals surface area contributed by atoms with E-state index >= 15 is 0 Å². The molecule has 0 saturated heterocycles. The molecule has 0 bridgehead atoms. The van der Waals surface area contributed by atoms with E-state index in [9.17, 15) is 4.79 Å². The van der Waals surface area contributed by atoms with Gasteiger partial charge in [-0.1, -0.05) is 20.8 Å². The summed E-state index contributed by atoms with van der Waals surface area (Å²) in [4.78, 5) is 11.7. The Morgan fingerprint density at radius 3 is 1.77 bits per heavy atom. The number of hydrogen-bond acceptors (Lipinski definition) is 3. The molecule has 0 rings (SSSR count). The van der Waals surface area contributed by atoms with Gasteiger partial charge in [-0.15, -0.1) is 0 Å². The summed E-state index contributed by atoms with van der Waals surface area (Å²) in [7, 11) is -1.35. The fourth-order valence-electron chi connectivity index (χ4n) is 0.663. The van der Waals surface area contributed by atoms with Gasteiger partial charge in [0.2, 0.25) is 13.9 Å². The second-order valence-electron chi connectivity index (χ2n) is 3.65. The van der Waals surface area contributed by atoms with Gasteiger partial charge in [-0.3, -0.25) is 4.79 Å². The third-order valence-electron chi connectivity index (χ3n) is 1.30. The Hall–Kier alpha value is 0.0200. The minimum Gasteiger partial charge on any atom is -0.329 e. The van der Waals surface area contributed by atoms with Gasteiger partial charge < -0.3 is 9.05 Å². The van der Waals surface area contributed by atoms with Crippen LogP contribution in [0.1, 0.15) is 34.6 Å². The summed E-state index contributed by atoms with van der Waals surface area (Å²) in [5.74, 6) is 0. The molecule has 13 heavy (non-hydrogen) atoms. The van der Waals surface area contributed by atoms with E-state index in [1.54, 1.807) is 0 Å². The first kappa shape index (κ1) is 13.0. The van der Waals surface area contributed by atoms with Crippen LogP contribution in [-0.2, 0) is 13.8 Å². The number of rotatable bonds is 5. The molecule has 0 aliphatic heterocycles. The fourth-order valence-corrected chi connectivity index (χ4v) is 1.99. The molecule has 0 amide bonds. The van der Waals surface area contributed by atoms with Crippen molar-refractivity contribution < 1.29 is 13.8 Å². The lowest BCUT2D eigenvalue weighted by Gasteiger charge is -2.22. The van der Waals surface area contributed by atoms with Gasteiger partial charge in [0, 0.05) is 5.41 Å². The Bertz CT molecular complexity index is 157. The van der Waals surface area contributed by atoms with E-state index in [2.05, 4.69) is 0 Å². The highest BCUT2D eigenvalue weighted by Crippen LogP contribution is 2.45. The SMILES string of the molecule is CCOP(OCC)C(=O)C(C)(C)C. The predicted octanol–water partition coefficient (Wildman–Crippen LogP) is 2.94. The molecule has 0 aliphatic carbocycles. The Morgan fingerprint density at radius 1 is 1.15 bits per heavy atom. The highest BCUT2D eigenvalue weighted by Gasteiger charge is 2.31. The molecule has 4 heteroatoms. The van der Waals surface area contributed by atoms with E-state index in [1.807, 2.05) is 34.6 Å². The maximum Gasteiger partial charge on any atom is 0.244 e. The van der Waals surface area contributed by atoms with Crippen LogP contribution in [0, 0.1) is 5.41 Å². The number of carbonyl (C=O) groups is 1. The summed E-state index contributed by atoms with van der Waals surface area (Å²) in [6.45, 7) is 10.4. The first-order chi connectivity index (χ1) is 5.93. The van der Waals surface area contributed by atoms with E-state index in [0.29, 0.717) is 13.2 Å². The molecule has 0 aliphatic rings. The molecule has 0 fully saturated rings. The number of carbonyl (C=O) groups excluding carboxylic acids is 1. The highest BCUT2D eigenvalue weighted by atomic mass is 31.2. The molecule has 0 spiro atoms. The zero-order valence-corrected chi connectivity index (χ0v) is 9.98. The molecule has 0 saturated carbocycles. The monoisotopic (exact) mass is 206 g/mol. The van der Waals surface area contributed by atoms with Crippen molar-refractivity contribution in [2.45, 2.75) is 34.6 Å². The van der Waals surface area contributed by atoms with Crippen molar-refractivity contribution in [3.8, 4) is 0 Å². The maximum atomic E-state index is 11.7. The zero-order chi connectivity index (χ0) is 10.5. The van der Waals surface area contributed by atoms with Gasteiger partial charge in [0.25, 0.3) is 0 Å². The average Bonchev–Trinajstić information content (AvgIpc) is 2.01. The van der Waals surface area contributed by atoms with Crippen molar-refractivity contribution in [2.75, 3.05) is 13.2 Å². The van der Waals surface area contributed by atoms with Crippen LogP contribution in [0.25, 0.3) is 0 Å². The molecule has 0 aromatic rings. The van der Waals surface area contributed by atoms with Gasteiger partial charge in [0.1, 0.15) is 0 Å². The van der Waals surface area contributed by atoms with Gasteiger partial charge in [-0.25, -0.2) is 0 Å². The molecule has 3 nitrogen and oxygen atoms in total. The Labute approximate surface area is 81.7 Å². The van der Waals surface area contributed by atoms with Gasteiger partial charge in [0.15, 0.2) is 0 Å². The van der Waals surface area contributed by atoms with Crippen LogP contribution < -0.4 is 0 Å². The first-order valence-electron chi connectivity index (χ1n) is 4.53. The second-order valence-corrected chi connectivity index (χ2v) is 5.08. The van der Waals surface area contributed by atoms with Crippen LogP contribution in [0.5, 0.6) is 0 Å². The van der Waals surface area contributed by atoms with Gasteiger partial charge in [0.05, 0.1) is 13.2 Å². The van der Waals surface area contributed by atoms with Crippen molar-refractivity contribution in [1.82, 2.24) is 0 Å². The van der Waals surface area contributed by atoms with E-state index in [-0.39, 0.29) is 10.9 Å². The largest absolute Gasteiger partial charge is 0.329 e. The number of hydrogen-bond donors (Lipinski definition) is 0. The molecule has 0 atom stereocenters. The summed E-state index contributed by atoms with van der Waals surface area (Å²) in [5, 5.41) is 0. The first-order valence-corrected chi connectivity index (χ1v) is 5.71. The van der Waals surface area contributed by atoms with Crippen LogP contribution in [-0.4, -0.2) is 18.7 Å². The molecular weight excluding hydrogens is 187 g/mol. The standard InChI is InChI=1S/C9H19O3P/c1-6-11-13(12-7-2)8(10)9(3,4)5/h6-7H2,1-5H3. The summed E-state index contributed by atoms with van der Waals surface area (Å²) in [6.07, 6.45) is 0. The summed E-state index contributed by atoms with van der Waals surface area (Å²) < 4.78 is 10.5. The Morgan fingerprint density at radius 2 is 1.54 bits per heavy atom. The van der Waals surface area contributed by atoms with Crippen LogP contribution in [0.15, 0.2) is 0 Å². The second kappa shape index (κ2) is 5.69. The lowest BCUT2D eigenvalue weighted by molar-refractivity contribution is -0.119. The maximum absolute atomic E-state index is 11.7. The fraction of sp³-hybridized carbons (Fsp3) is 0.889. The molecule has 78 valence electrons. The smallest absolute Gasteiger partial charge is 0.244 e. The average molecular weight is 206 g/mol. The molecular formula is C9H19O3P. The van der Waals surface area contributed by atoms with E-state index in [0.717, 1.165) is 0 Å². The summed E-state index contributed by atoms with van der Waals surface area (Å²) in [6, 6.07) is 0. The van der Waals surface area contributed by atoms with Crippen LogP contribution in [0.2, 0.25) is 0 Å². The van der Waals surface area contributed by atoms with E-state index in [1.165, 1.54) is 0 Å². The van der Waals surface area contributed by atoms with Crippen molar-refractivity contribution in [3.63, 3.8) is 0 Å². The Kier molecular flexibility index (Phi) is 5.70. The quantitative estimate of drug-likeness (QED) is 0.649. The minimum absolute atomic E-state index is 0.0613. The normalized spacial score (nSPS) is 12.2. The lowest BCUT2D eigenvalue weighted by Crippen LogP contribution is -2.20. The van der Waals surface area contributed by atoms with Crippen LogP contribution in [0.3, 0.4) is 0 Å². The van der Waals surface area contributed by atoms with Crippen LogP contribution >= 0.6 is 8.38 Å². The third-order valence-corrected chi connectivity index (χ3v) is 3.29. The molecule has 0 radical (unpaired) electrons. The molecule has 0 aromatic heterocycles. The van der Waals surface area contributed by atoms with E-state index < -0.39 is 8.38 Å². The van der Waals surface area contributed by atoms with E-state index in [4.69, 9.17) is 9.05 Å². The molecule has 0 aromatic carbocycles. The Balaban J connectivity index is 4.27. The van der Waals surface area contributed by atoms with Crippen LogP contribution in [0.4, 0.5) is 0 Å². The topological polar surface area (TPSA) is 35.5 Å². The predicted molar refractivity (Wildman–Crippen MR) is 54.6 cm³/mol. The van der Waals surface area contributed by atoms with Gasteiger partial charge >= 0.3 is 0 Å². The summed E-state index contributed by atoms with van der Waals surface area (Å²) >= 11 is 0. The zero-order valence-electron chi connectivity index (χ0n) is 9.09. The van der Waals surface area contributed by atoms with Crippen molar-refractivity contribution in [2.24, 2.45) is 5.41 Å². The highest BCUT2D eigenvalue weighted by molar-refractivity contribution is 7.66. The molecule has 0 unspecified atom stereocenters. The van der Waals surface area contributed by atoms with Crippen molar-refractivity contribution in [3.05, 3.63) is 0 Å².